The van der Waals surface area contributed by atoms with Gasteiger partial charge in [-0.15, -0.1) is 24.8 Å². The molecular weight excluding hydrogens is 413 g/mol. The van der Waals surface area contributed by atoms with Crippen molar-refractivity contribution in [1.29, 1.82) is 0 Å². The van der Waals surface area contributed by atoms with Gasteiger partial charge >= 0.3 is 0 Å². The van der Waals surface area contributed by atoms with Crippen molar-refractivity contribution in [3.63, 3.8) is 0 Å². The van der Waals surface area contributed by atoms with Crippen molar-refractivity contribution in [2.75, 3.05) is 37.6 Å². The lowest BCUT2D eigenvalue weighted by molar-refractivity contribution is -0.125. The van der Waals surface area contributed by atoms with Crippen LogP contribution in [-0.2, 0) is 4.79 Å². The van der Waals surface area contributed by atoms with Crippen molar-refractivity contribution in [3.05, 3.63) is 28.7 Å². The van der Waals surface area contributed by atoms with E-state index in [1.165, 1.54) is 5.69 Å². The summed E-state index contributed by atoms with van der Waals surface area (Å²) in [5.74, 6) is 1.03. The molecule has 0 bridgehead atoms. The van der Waals surface area contributed by atoms with Gasteiger partial charge in [-0.05, 0) is 62.5 Å². The third-order valence-electron chi connectivity index (χ3n) is 4.75. The maximum absolute atomic E-state index is 12.2. The van der Waals surface area contributed by atoms with Crippen LogP contribution in [0, 0.1) is 11.8 Å². The Morgan fingerprint density at radius 2 is 1.83 bits per heavy atom. The average molecular weight is 439 g/mol. The molecule has 1 unspecified atom stereocenters. The summed E-state index contributed by atoms with van der Waals surface area (Å²) in [6.07, 6.45) is 3.10. The van der Waals surface area contributed by atoms with E-state index in [0.717, 1.165) is 56.5 Å². The number of piperidine rings is 1. The monoisotopic (exact) mass is 437 g/mol. The maximum Gasteiger partial charge on any atom is 0.223 e. The van der Waals surface area contributed by atoms with E-state index >= 15 is 0 Å². The first kappa shape index (κ1) is 21.6. The molecule has 0 aliphatic carbocycles. The molecule has 1 atom stereocenters. The molecule has 0 aromatic heterocycles. The smallest absolute Gasteiger partial charge is 0.223 e. The zero-order valence-electron chi connectivity index (χ0n) is 13.7. The fourth-order valence-electron chi connectivity index (χ4n) is 3.36. The van der Waals surface area contributed by atoms with Gasteiger partial charge in [0.2, 0.25) is 5.91 Å². The molecule has 1 aromatic rings. The minimum atomic E-state index is 0. The van der Waals surface area contributed by atoms with Gasteiger partial charge in [0.25, 0.3) is 0 Å². The van der Waals surface area contributed by atoms with E-state index in [2.05, 4.69) is 55.7 Å². The zero-order valence-corrected chi connectivity index (χ0v) is 16.9. The van der Waals surface area contributed by atoms with E-state index < -0.39 is 0 Å². The van der Waals surface area contributed by atoms with Gasteiger partial charge < -0.3 is 15.5 Å². The fourth-order valence-corrected chi connectivity index (χ4v) is 3.62. The third-order valence-corrected chi connectivity index (χ3v) is 5.28. The molecule has 3 rings (SSSR count). The van der Waals surface area contributed by atoms with E-state index in [1.54, 1.807) is 0 Å². The molecule has 1 amide bonds. The second kappa shape index (κ2) is 10.5. The Kier molecular flexibility index (Phi) is 9.42. The van der Waals surface area contributed by atoms with Crippen molar-refractivity contribution in [2.45, 2.75) is 19.3 Å². The number of hydrogen-bond donors (Lipinski definition) is 2. The Morgan fingerprint density at radius 3 is 2.50 bits per heavy atom. The lowest BCUT2D eigenvalue weighted by Crippen LogP contribution is -2.40. The molecule has 2 heterocycles. The molecule has 0 spiro atoms. The van der Waals surface area contributed by atoms with Gasteiger partial charge in [0, 0.05) is 35.7 Å². The number of hydrogen-bond acceptors (Lipinski definition) is 3. The highest BCUT2D eigenvalue weighted by Crippen LogP contribution is 2.25. The van der Waals surface area contributed by atoms with Crippen molar-refractivity contribution in [2.24, 2.45) is 11.8 Å². The number of amides is 1. The first-order valence-corrected chi connectivity index (χ1v) is 9.00. The summed E-state index contributed by atoms with van der Waals surface area (Å²) >= 11 is 3.47. The Morgan fingerprint density at radius 1 is 1.17 bits per heavy atom. The number of halogens is 3. The number of anilines is 1. The molecular formula is C17H26BrCl2N3O. The quantitative estimate of drug-likeness (QED) is 0.758. The lowest BCUT2D eigenvalue weighted by Gasteiger charge is -2.23. The summed E-state index contributed by atoms with van der Waals surface area (Å²) in [7, 11) is 0. The molecule has 136 valence electrons. The van der Waals surface area contributed by atoms with Gasteiger partial charge in [0.05, 0.1) is 0 Å². The SMILES string of the molecule is Cl.Cl.O=C(NCC1CCN(c2ccc(Br)cc2)C1)C1CCNCC1. The molecule has 2 N–H and O–H groups in total. The van der Waals surface area contributed by atoms with Crippen LogP contribution in [0.25, 0.3) is 0 Å². The zero-order chi connectivity index (χ0) is 15.4. The van der Waals surface area contributed by atoms with Gasteiger partial charge in [-0.25, -0.2) is 0 Å². The van der Waals surface area contributed by atoms with Crippen LogP contribution in [0.2, 0.25) is 0 Å². The van der Waals surface area contributed by atoms with E-state index in [9.17, 15) is 4.79 Å². The van der Waals surface area contributed by atoms with Crippen LogP contribution in [0.4, 0.5) is 5.69 Å². The highest BCUT2D eigenvalue weighted by molar-refractivity contribution is 9.10. The summed E-state index contributed by atoms with van der Waals surface area (Å²) in [5, 5.41) is 6.48. The van der Waals surface area contributed by atoms with Crippen LogP contribution in [0.15, 0.2) is 28.7 Å². The molecule has 2 aliphatic rings. The predicted octanol–water partition coefficient (Wildman–Crippen LogP) is 3.23. The van der Waals surface area contributed by atoms with Gasteiger partial charge in [-0.3, -0.25) is 4.79 Å². The largest absolute Gasteiger partial charge is 0.371 e. The maximum atomic E-state index is 12.2. The van der Waals surface area contributed by atoms with Crippen LogP contribution < -0.4 is 15.5 Å². The van der Waals surface area contributed by atoms with Crippen LogP contribution >= 0.6 is 40.7 Å². The molecule has 24 heavy (non-hydrogen) atoms. The molecule has 2 aliphatic heterocycles. The highest BCUT2D eigenvalue weighted by atomic mass is 79.9. The Bertz CT molecular complexity index is 509. The van der Waals surface area contributed by atoms with Crippen molar-refractivity contribution < 1.29 is 4.79 Å². The van der Waals surface area contributed by atoms with Crippen LogP contribution in [0.3, 0.4) is 0 Å². The minimum Gasteiger partial charge on any atom is -0.371 e. The first-order valence-electron chi connectivity index (χ1n) is 8.21. The molecule has 1 aromatic carbocycles. The number of rotatable bonds is 4. The normalized spacial score (nSPS) is 20.9. The van der Waals surface area contributed by atoms with Crippen LogP contribution in [0.5, 0.6) is 0 Å². The van der Waals surface area contributed by atoms with E-state index in [1.807, 2.05) is 0 Å². The van der Waals surface area contributed by atoms with E-state index in [-0.39, 0.29) is 36.6 Å². The standard InChI is InChI=1S/C17H24BrN3O.2ClH/c18-15-1-3-16(4-2-15)21-10-7-13(12-21)11-20-17(22)14-5-8-19-9-6-14;;/h1-4,13-14,19H,5-12H2,(H,20,22);2*1H. The summed E-state index contributed by atoms with van der Waals surface area (Å²) in [6.45, 7) is 4.87. The lowest BCUT2D eigenvalue weighted by atomic mass is 9.97. The number of benzene rings is 1. The fraction of sp³-hybridized carbons (Fsp3) is 0.588. The van der Waals surface area contributed by atoms with Crippen LogP contribution in [0.1, 0.15) is 19.3 Å². The Labute approximate surface area is 165 Å². The Hall–Kier alpha value is -0.490. The van der Waals surface area contributed by atoms with E-state index in [4.69, 9.17) is 0 Å². The van der Waals surface area contributed by atoms with Gasteiger partial charge in [0.15, 0.2) is 0 Å². The number of carbonyl (C=O) groups is 1. The summed E-state index contributed by atoms with van der Waals surface area (Å²) < 4.78 is 1.11. The van der Waals surface area contributed by atoms with Crippen molar-refractivity contribution >= 4 is 52.3 Å². The van der Waals surface area contributed by atoms with Gasteiger partial charge in [-0.1, -0.05) is 15.9 Å². The number of nitrogens with zero attached hydrogens (tertiary/aromatic N) is 1. The Balaban J connectivity index is 0.00000144. The second-order valence-electron chi connectivity index (χ2n) is 6.35. The highest BCUT2D eigenvalue weighted by Gasteiger charge is 2.25. The second-order valence-corrected chi connectivity index (χ2v) is 7.26. The van der Waals surface area contributed by atoms with Crippen LogP contribution in [-0.4, -0.2) is 38.6 Å². The molecule has 2 fully saturated rings. The molecule has 0 saturated carbocycles. The first-order chi connectivity index (χ1) is 10.7. The third kappa shape index (κ3) is 5.80. The van der Waals surface area contributed by atoms with E-state index in [0.29, 0.717) is 5.92 Å². The number of nitrogens with one attached hydrogen (secondary N) is 2. The summed E-state index contributed by atoms with van der Waals surface area (Å²) in [4.78, 5) is 14.6. The van der Waals surface area contributed by atoms with Crippen molar-refractivity contribution in [3.8, 4) is 0 Å². The molecule has 7 heteroatoms. The number of carbonyl (C=O) groups excluding carboxylic acids is 1. The van der Waals surface area contributed by atoms with Gasteiger partial charge in [0.1, 0.15) is 0 Å². The molecule has 4 nitrogen and oxygen atoms in total. The summed E-state index contributed by atoms with van der Waals surface area (Å²) in [5.41, 5.74) is 1.27. The molecule has 0 radical (unpaired) electrons. The minimum absolute atomic E-state index is 0. The predicted molar refractivity (Wildman–Crippen MR) is 108 cm³/mol. The topological polar surface area (TPSA) is 44.4 Å². The molecule has 2 saturated heterocycles. The van der Waals surface area contributed by atoms with Gasteiger partial charge in [-0.2, -0.15) is 0 Å². The average Bonchev–Trinajstić information content (AvgIpc) is 3.03. The summed E-state index contributed by atoms with van der Waals surface area (Å²) in [6, 6.07) is 8.48. The van der Waals surface area contributed by atoms with Crippen molar-refractivity contribution in [1.82, 2.24) is 10.6 Å².